The van der Waals surface area contributed by atoms with Crippen LogP contribution in [0.4, 0.5) is 4.79 Å². The summed E-state index contributed by atoms with van der Waals surface area (Å²) in [6, 6.07) is 9.57. The van der Waals surface area contributed by atoms with E-state index in [4.69, 9.17) is 4.74 Å². The molecule has 3 aliphatic heterocycles. The molecule has 1 spiro atoms. The molecule has 3 fully saturated rings. The van der Waals surface area contributed by atoms with Gasteiger partial charge in [-0.1, -0.05) is 30.3 Å². The van der Waals surface area contributed by atoms with Gasteiger partial charge in [0.05, 0.1) is 6.54 Å². The molecule has 0 radical (unpaired) electrons. The average Bonchev–Trinajstić information content (AvgIpc) is 2.99. The van der Waals surface area contributed by atoms with Crippen LogP contribution in [0.25, 0.3) is 0 Å². The molecule has 1 atom stereocenters. The van der Waals surface area contributed by atoms with Crippen LogP contribution in [-0.2, 0) is 16.1 Å². The highest BCUT2D eigenvalue weighted by Crippen LogP contribution is 2.29. The number of ether oxygens (including phenoxy) is 1. The number of piperidine rings is 1. The molecule has 0 saturated carbocycles. The summed E-state index contributed by atoms with van der Waals surface area (Å²) in [5.41, 5.74) is 0.934. The van der Waals surface area contributed by atoms with Crippen LogP contribution < -0.4 is 10.6 Å². The van der Waals surface area contributed by atoms with Crippen molar-refractivity contribution in [1.82, 2.24) is 20.4 Å². The van der Waals surface area contributed by atoms with Gasteiger partial charge in [-0.3, -0.25) is 15.0 Å². The van der Waals surface area contributed by atoms with Gasteiger partial charge in [0.2, 0.25) is 5.91 Å². The molecule has 7 nitrogen and oxygen atoms in total. The number of nitrogens with zero attached hydrogens (tertiary/aromatic N) is 2. The normalized spacial score (nSPS) is 25.1. The zero-order chi connectivity index (χ0) is 17.3. The number of hydrogen-bond donors (Lipinski definition) is 2. The van der Waals surface area contributed by atoms with Crippen molar-refractivity contribution in [3.63, 3.8) is 0 Å². The summed E-state index contributed by atoms with van der Waals surface area (Å²) < 4.78 is 5.38. The lowest BCUT2D eigenvalue weighted by molar-refractivity contribution is -0.137. The molecule has 0 bridgehead atoms. The highest BCUT2D eigenvalue weighted by Gasteiger charge is 2.49. The van der Waals surface area contributed by atoms with E-state index in [0.717, 1.165) is 38.0 Å². The fourth-order valence-electron chi connectivity index (χ4n) is 4.00. The van der Waals surface area contributed by atoms with Crippen LogP contribution in [0.1, 0.15) is 18.4 Å². The minimum Gasteiger partial charge on any atom is -0.445 e. The number of amides is 2. The SMILES string of the molecule is O=C(OCc1ccccc1)N1CC(=O)N2CC3(CCNCC3)NC2C1. The van der Waals surface area contributed by atoms with Gasteiger partial charge in [-0.05, 0) is 31.5 Å². The third-order valence-corrected chi connectivity index (χ3v) is 5.39. The summed E-state index contributed by atoms with van der Waals surface area (Å²) in [7, 11) is 0. The predicted molar refractivity (Wildman–Crippen MR) is 91.7 cm³/mol. The lowest BCUT2D eigenvalue weighted by atomic mass is 9.89. The Balaban J connectivity index is 1.37. The number of nitrogens with one attached hydrogen (secondary N) is 2. The van der Waals surface area contributed by atoms with E-state index in [0.29, 0.717) is 6.54 Å². The van der Waals surface area contributed by atoms with E-state index in [9.17, 15) is 9.59 Å². The van der Waals surface area contributed by atoms with Crippen molar-refractivity contribution in [2.75, 3.05) is 32.7 Å². The second-order valence-electron chi connectivity index (χ2n) is 7.13. The lowest BCUT2D eigenvalue weighted by Gasteiger charge is -2.35. The van der Waals surface area contributed by atoms with Crippen molar-refractivity contribution >= 4 is 12.0 Å². The van der Waals surface area contributed by atoms with E-state index in [1.54, 1.807) is 0 Å². The van der Waals surface area contributed by atoms with Crippen LogP contribution in [0.15, 0.2) is 30.3 Å². The Labute approximate surface area is 147 Å². The van der Waals surface area contributed by atoms with Gasteiger partial charge >= 0.3 is 6.09 Å². The Hall–Kier alpha value is -2.12. The number of piperazine rings is 1. The van der Waals surface area contributed by atoms with Crippen molar-refractivity contribution in [3.8, 4) is 0 Å². The molecule has 3 saturated heterocycles. The first kappa shape index (κ1) is 16.4. The molecular weight excluding hydrogens is 320 g/mol. The number of rotatable bonds is 2. The molecule has 2 N–H and O–H groups in total. The molecule has 3 aliphatic rings. The summed E-state index contributed by atoms with van der Waals surface area (Å²) in [5, 5.41) is 6.97. The van der Waals surface area contributed by atoms with Crippen LogP contribution in [0.3, 0.4) is 0 Å². The summed E-state index contributed by atoms with van der Waals surface area (Å²) in [6.07, 6.45) is 1.48. The molecule has 4 rings (SSSR count). The Kier molecular flexibility index (Phi) is 4.35. The first-order valence-electron chi connectivity index (χ1n) is 8.89. The second-order valence-corrected chi connectivity index (χ2v) is 7.13. The first-order valence-corrected chi connectivity index (χ1v) is 8.89. The van der Waals surface area contributed by atoms with Gasteiger partial charge in [-0.15, -0.1) is 0 Å². The zero-order valence-corrected chi connectivity index (χ0v) is 14.2. The monoisotopic (exact) mass is 344 g/mol. The Bertz CT molecular complexity index is 645. The number of carbonyl (C=O) groups excluding carboxylic acids is 2. The highest BCUT2D eigenvalue weighted by molar-refractivity contribution is 5.84. The van der Waals surface area contributed by atoms with Gasteiger partial charge in [0.1, 0.15) is 19.3 Å². The van der Waals surface area contributed by atoms with Crippen molar-refractivity contribution in [2.24, 2.45) is 0 Å². The highest BCUT2D eigenvalue weighted by atomic mass is 16.6. The number of carbonyl (C=O) groups is 2. The average molecular weight is 344 g/mol. The molecule has 1 aromatic carbocycles. The largest absolute Gasteiger partial charge is 0.445 e. The first-order chi connectivity index (χ1) is 12.2. The fraction of sp³-hybridized carbons (Fsp3) is 0.556. The van der Waals surface area contributed by atoms with Gasteiger partial charge in [-0.2, -0.15) is 0 Å². The fourth-order valence-corrected chi connectivity index (χ4v) is 4.00. The smallest absolute Gasteiger partial charge is 0.410 e. The van der Waals surface area contributed by atoms with Crippen LogP contribution in [0.2, 0.25) is 0 Å². The molecule has 0 aromatic heterocycles. The lowest BCUT2D eigenvalue weighted by Crippen LogP contribution is -2.58. The van der Waals surface area contributed by atoms with Crippen molar-refractivity contribution < 1.29 is 14.3 Å². The van der Waals surface area contributed by atoms with Crippen molar-refractivity contribution in [1.29, 1.82) is 0 Å². The van der Waals surface area contributed by atoms with Gasteiger partial charge in [-0.25, -0.2) is 4.79 Å². The van der Waals surface area contributed by atoms with E-state index >= 15 is 0 Å². The van der Waals surface area contributed by atoms with Gasteiger partial charge in [0, 0.05) is 12.1 Å². The van der Waals surface area contributed by atoms with Crippen LogP contribution in [-0.4, -0.2) is 66.2 Å². The van der Waals surface area contributed by atoms with Gasteiger partial charge in [0.25, 0.3) is 0 Å². The Morgan fingerprint density at radius 1 is 1.24 bits per heavy atom. The van der Waals surface area contributed by atoms with Gasteiger partial charge < -0.3 is 15.0 Å². The molecule has 0 aliphatic carbocycles. The van der Waals surface area contributed by atoms with E-state index in [2.05, 4.69) is 10.6 Å². The molecule has 134 valence electrons. The number of benzene rings is 1. The van der Waals surface area contributed by atoms with E-state index < -0.39 is 6.09 Å². The van der Waals surface area contributed by atoms with Crippen LogP contribution in [0.5, 0.6) is 0 Å². The third kappa shape index (κ3) is 3.34. The Morgan fingerprint density at radius 2 is 2.00 bits per heavy atom. The molecule has 1 aromatic rings. The molecule has 3 heterocycles. The predicted octanol–water partition coefficient (Wildman–Crippen LogP) is 0.519. The third-order valence-electron chi connectivity index (χ3n) is 5.39. The van der Waals surface area contributed by atoms with Crippen molar-refractivity contribution in [3.05, 3.63) is 35.9 Å². The van der Waals surface area contributed by atoms with E-state index in [1.807, 2.05) is 35.2 Å². The zero-order valence-electron chi connectivity index (χ0n) is 14.2. The molecule has 7 heteroatoms. The van der Waals surface area contributed by atoms with E-state index in [1.165, 1.54) is 4.90 Å². The number of hydrogen-bond acceptors (Lipinski definition) is 5. The van der Waals surface area contributed by atoms with Crippen LogP contribution in [0, 0.1) is 0 Å². The summed E-state index contributed by atoms with van der Waals surface area (Å²) in [4.78, 5) is 28.3. The van der Waals surface area contributed by atoms with Gasteiger partial charge in [0.15, 0.2) is 0 Å². The maximum absolute atomic E-state index is 12.5. The molecule has 2 amide bonds. The maximum Gasteiger partial charge on any atom is 0.410 e. The standard InChI is InChI=1S/C18H24N4O3/c23-16-11-21(17(24)25-12-14-4-2-1-3-5-14)10-15-20-18(13-22(15)16)6-8-19-9-7-18/h1-5,15,19-20H,6-13H2. The minimum atomic E-state index is -0.426. The Morgan fingerprint density at radius 3 is 2.76 bits per heavy atom. The summed E-state index contributed by atoms with van der Waals surface area (Å²) in [6.45, 7) is 3.47. The maximum atomic E-state index is 12.5. The minimum absolute atomic E-state index is 0.00387. The second kappa shape index (κ2) is 6.65. The quantitative estimate of drug-likeness (QED) is 0.818. The molecule has 25 heavy (non-hydrogen) atoms. The van der Waals surface area contributed by atoms with Crippen LogP contribution >= 0.6 is 0 Å². The summed E-state index contributed by atoms with van der Waals surface area (Å²) in [5.74, 6) is -0.00387. The molecular formula is C18H24N4O3. The number of fused-ring (bicyclic) bond motifs is 1. The van der Waals surface area contributed by atoms with Crippen molar-refractivity contribution in [2.45, 2.75) is 31.2 Å². The molecule has 1 unspecified atom stereocenters. The summed E-state index contributed by atoms with van der Waals surface area (Å²) >= 11 is 0. The van der Waals surface area contributed by atoms with E-state index in [-0.39, 0.29) is 30.8 Å². The topological polar surface area (TPSA) is 73.9 Å².